The maximum Gasteiger partial charge on any atom is 0.324 e. The largest absolute Gasteiger partial charge is 0.463 e. The number of alkyl halides is 1. The third-order valence-corrected chi connectivity index (χ3v) is 3.56. The van der Waals surface area contributed by atoms with Crippen LogP contribution in [0.1, 0.15) is 37.6 Å². The predicted molar refractivity (Wildman–Crippen MR) is 86.2 cm³/mol. The summed E-state index contributed by atoms with van der Waals surface area (Å²) in [5.74, 6) is -0.386. The molecule has 0 aliphatic carbocycles. The van der Waals surface area contributed by atoms with Gasteiger partial charge < -0.3 is 10.1 Å². The molecule has 1 aromatic carbocycles. The molecule has 0 aromatic heterocycles. The fourth-order valence-corrected chi connectivity index (χ4v) is 2.15. The number of esters is 1. The lowest BCUT2D eigenvalue weighted by Crippen LogP contribution is -2.31. The Bertz CT molecular complexity index is 468. The minimum absolute atomic E-state index is 0.0306. The number of carbonyl (C=O) groups excluding carboxylic acids is 2. The summed E-state index contributed by atoms with van der Waals surface area (Å²) in [7, 11) is 0. The van der Waals surface area contributed by atoms with Gasteiger partial charge in [-0.2, -0.15) is 0 Å². The second-order valence-corrected chi connectivity index (χ2v) is 6.94. The number of halogens is 1. The quantitative estimate of drug-likeness (QED) is 0.484. The highest BCUT2D eigenvalue weighted by Gasteiger charge is 2.19. The summed E-state index contributed by atoms with van der Waals surface area (Å²) in [6.07, 6.45) is 0.450. The Morgan fingerprint density at radius 2 is 1.86 bits per heavy atom. The molecule has 0 fully saturated rings. The molecule has 0 aliphatic rings. The van der Waals surface area contributed by atoms with Crippen LogP contribution in [0.5, 0.6) is 0 Å². The predicted octanol–water partition coefficient (Wildman–Crippen LogP) is 3.22. The second-order valence-electron chi connectivity index (χ2n) is 6.03. The summed E-state index contributed by atoms with van der Waals surface area (Å²) in [6.45, 7) is 6.50. The van der Waals surface area contributed by atoms with E-state index in [0.717, 1.165) is 5.56 Å². The Hall–Kier alpha value is -1.36. The van der Waals surface area contributed by atoms with Crippen LogP contribution in [0.2, 0.25) is 0 Å². The van der Waals surface area contributed by atoms with E-state index in [1.165, 1.54) is 0 Å². The fraction of sp³-hybridized carbons (Fsp3) is 0.500. The van der Waals surface area contributed by atoms with Gasteiger partial charge in [0.25, 0.3) is 0 Å². The summed E-state index contributed by atoms with van der Waals surface area (Å²) in [5, 5.41) is 2.74. The maximum absolute atomic E-state index is 11.8. The molecule has 4 nitrogen and oxygen atoms in total. The van der Waals surface area contributed by atoms with Gasteiger partial charge in [0.1, 0.15) is 11.4 Å². The lowest BCUT2D eigenvalue weighted by atomic mass is 9.92. The summed E-state index contributed by atoms with van der Waals surface area (Å²) >= 11 is 3.31. The van der Waals surface area contributed by atoms with Crippen molar-refractivity contribution in [3.63, 3.8) is 0 Å². The molecule has 0 aliphatic heterocycles. The van der Waals surface area contributed by atoms with Crippen molar-refractivity contribution >= 4 is 27.8 Å². The molecule has 1 rings (SSSR count). The zero-order valence-electron chi connectivity index (χ0n) is 12.7. The molecular formula is C16H22BrNO3. The number of amides is 1. The number of hydrogen-bond acceptors (Lipinski definition) is 3. The van der Waals surface area contributed by atoms with Crippen LogP contribution in [-0.4, -0.2) is 25.0 Å². The van der Waals surface area contributed by atoms with Crippen molar-refractivity contribution in [1.29, 1.82) is 0 Å². The van der Waals surface area contributed by atoms with Crippen LogP contribution < -0.4 is 5.32 Å². The zero-order chi connectivity index (χ0) is 15.9. The molecule has 116 valence electrons. The van der Waals surface area contributed by atoms with Gasteiger partial charge in [0.15, 0.2) is 0 Å². The molecule has 1 amide bonds. The first-order valence-electron chi connectivity index (χ1n) is 6.92. The third kappa shape index (κ3) is 7.27. The zero-order valence-corrected chi connectivity index (χ0v) is 14.3. The van der Waals surface area contributed by atoms with E-state index in [2.05, 4.69) is 21.2 Å². The van der Waals surface area contributed by atoms with Gasteiger partial charge in [-0.15, -0.1) is 0 Å². The molecule has 5 heteroatoms. The molecule has 0 bridgehead atoms. The number of rotatable bonds is 6. The standard InChI is InChI=1S/C16H22BrNO3/c1-16(2,3)11-13(19)18-9-10-21-15(20)14(17)12-7-5-4-6-8-12/h4-8,14H,9-11H2,1-3H3,(H,18,19). The smallest absolute Gasteiger partial charge is 0.324 e. The third-order valence-electron chi connectivity index (χ3n) is 2.66. The highest BCUT2D eigenvalue weighted by atomic mass is 79.9. The SMILES string of the molecule is CC(C)(C)CC(=O)NCCOC(=O)C(Br)c1ccccc1. The molecule has 1 atom stereocenters. The first kappa shape index (κ1) is 17.7. The van der Waals surface area contributed by atoms with E-state index in [1.54, 1.807) is 0 Å². The van der Waals surface area contributed by atoms with Crippen molar-refractivity contribution in [2.24, 2.45) is 5.41 Å². The molecule has 0 saturated carbocycles. The Labute approximate surface area is 134 Å². The number of benzene rings is 1. The lowest BCUT2D eigenvalue weighted by molar-refractivity contribution is -0.143. The topological polar surface area (TPSA) is 55.4 Å². The second kappa shape index (κ2) is 8.17. The van der Waals surface area contributed by atoms with Crippen LogP contribution >= 0.6 is 15.9 Å². The number of nitrogens with one attached hydrogen (secondary N) is 1. The molecule has 1 aromatic rings. The van der Waals surface area contributed by atoms with Gasteiger partial charge in [0.2, 0.25) is 5.91 Å². The van der Waals surface area contributed by atoms with Crippen LogP contribution in [0.15, 0.2) is 30.3 Å². The summed E-state index contributed by atoms with van der Waals surface area (Å²) in [4.78, 5) is 23.0. The Morgan fingerprint density at radius 3 is 2.43 bits per heavy atom. The van der Waals surface area contributed by atoms with Crippen LogP contribution in [0.3, 0.4) is 0 Å². The minimum atomic E-state index is -0.482. The summed E-state index contributed by atoms with van der Waals surface area (Å²) < 4.78 is 5.14. The molecule has 1 unspecified atom stereocenters. The van der Waals surface area contributed by atoms with Gasteiger partial charge in [-0.1, -0.05) is 67.0 Å². The monoisotopic (exact) mass is 355 g/mol. The van der Waals surface area contributed by atoms with Gasteiger partial charge in [-0.05, 0) is 11.0 Å². The van der Waals surface area contributed by atoms with Crippen molar-refractivity contribution in [2.75, 3.05) is 13.2 Å². The number of hydrogen-bond donors (Lipinski definition) is 1. The van der Waals surface area contributed by atoms with Gasteiger partial charge in [-0.3, -0.25) is 9.59 Å². The molecule has 1 N–H and O–H groups in total. The van der Waals surface area contributed by atoms with Crippen LogP contribution in [-0.2, 0) is 14.3 Å². The van der Waals surface area contributed by atoms with Crippen molar-refractivity contribution in [1.82, 2.24) is 5.32 Å². The van der Waals surface area contributed by atoms with Crippen molar-refractivity contribution in [3.05, 3.63) is 35.9 Å². The fourth-order valence-electron chi connectivity index (χ4n) is 1.72. The lowest BCUT2D eigenvalue weighted by Gasteiger charge is -2.17. The molecule has 0 spiro atoms. The maximum atomic E-state index is 11.8. The van der Waals surface area contributed by atoms with Gasteiger partial charge in [0, 0.05) is 6.42 Å². The highest BCUT2D eigenvalue weighted by Crippen LogP contribution is 2.23. The first-order chi connectivity index (χ1) is 9.79. The van der Waals surface area contributed by atoms with Crippen molar-refractivity contribution < 1.29 is 14.3 Å². The van der Waals surface area contributed by atoms with Crippen LogP contribution in [0.25, 0.3) is 0 Å². The Balaban J connectivity index is 2.27. The van der Waals surface area contributed by atoms with E-state index in [0.29, 0.717) is 13.0 Å². The van der Waals surface area contributed by atoms with Gasteiger partial charge in [-0.25, -0.2) is 0 Å². The van der Waals surface area contributed by atoms with E-state index in [9.17, 15) is 9.59 Å². The van der Waals surface area contributed by atoms with Crippen molar-refractivity contribution in [3.8, 4) is 0 Å². The van der Waals surface area contributed by atoms with Crippen LogP contribution in [0, 0.1) is 5.41 Å². The van der Waals surface area contributed by atoms with E-state index in [4.69, 9.17) is 4.74 Å². The number of carbonyl (C=O) groups is 2. The summed E-state index contributed by atoms with van der Waals surface area (Å²) in [5.41, 5.74) is 0.800. The van der Waals surface area contributed by atoms with E-state index in [-0.39, 0.29) is 23.9 Å². The number of ether oxygens (including phenoxy) is 1. The van der Waals surface area contributed by atoms with Gasteiger partial charge in [0.05, 0.1) is 6.54 Å². The van der Waals surface area contributed by atoms with Gasteiger partial charge >= 0.3 is 5.97 Å². The van der Waals surface area contributed by atoms with E-state index in [1.807, 2.05) is 51.1 Å². The minimum Gasteiger partial charge on any atom is -0.463 e. The molecule has 0 saturated heterocycles. The average molecular weight is 356 g/mol. The van der Waals surface area contributed by atoms with Crippen molar-refractivity contribution in [2.45, 2.75) is 32.0 Å². The molecular weight excluding hydrogens is 334 g/mol. The van der Waals surface area contributed by atoms with E-state index < -0.39 is 4.83 Å². The summed E-state index contributed by atoms with van der Waals surface area (Å²) in [6, 6.07) is 9.32. The average Bonchev–Trinajstić information content (AvgIpc) is 2.41. The Kier molecular flexibility index (Phi) is 6.89. The molecule has 21 heavy (non-hydrogen) atoms. The highest BCUT2D eigenvalue weighted by molar-refractivity contribution is 9.09. The normalized spacial score (nSPS) is 12.6. The first-order valence-corrected chi connectivity index (χ1v) is 7.83. The Morgan fingerprint density at radius 1 is 1.24 bits per heavy atom. The van der Waals surface area contributed by atoms with Crippen LogP contribution in [0.4, 0.5) is 0 Å². The molecule has 0 radical (unpaired) electrons. The van der Waals surface area contributed by atoms with E-state index >= 15 is 0 Å². The molecule has 0 heterocycles.